The normalized spacial score (nSPS) is 10.9. The van der Waals surface area contributed by atoms with Crippen LogP contribution in [0.4, 0.5) is 5.13 Å². The second kappa shape index (κ2) is 9.94. The average molecular weight is 490 g/mol. The van der Waals surface area contributed by atoms with Gasteiger partial charge in [-0.15, -0.1) is 21.5 Å². The number of carbonyl (C=O) groups is 1. The summed E-state index contributed by atoms with van der Waals surface area (Å²) >= 11 is 2.66. The summed E-state index contributed by atoms with van der Waals surface area (Å²) in [5, 5.41) is 14.5. The standard InChI is InChI=1S/C24H19N5O3S2/c1-31-18-10-5-7-16(13-18)19-14-33-23(25-19)26-21(30)15-34-24-28-27-22(20-11-6-12-32-20)29(24)17-8-3-2-4-9-17/h2-14H,15H2,1H3,(H,25,26,30). The van der Waals surface area contributed by atoms with E-state index in [2.05, 4.69) is 20.5 Å². The van der Waals surface area contributed by atoms with Crippen molar-refractivity contribution in [2.45, 2.75) is 5.16 Å². The predicted octanol–water partition coefficient (Wildman–Crippen LogP) is 5.39. The first-order valence-corrected chi connectivity index (χ1v) is 12.1. The van der Waals surface area contributed by atoms with Crippen molar-refractivity contribution >= 4 is 34.1 Å². The Bertz CT molecular complexity index is 1400. The molecule has 0 aliphatic heterocycles. The highest BCUT2D eigenvalue weighted by atomic mass is 32.2. The fourth-order valence-corrected chi connectivity index (χ4v) is 4.76. The van der Waals surface area contributed by atoms with E-state index in [-0.39, 0.29) is 11.7 Å². The quantitative estimate of drug-likeness (QED) is 0.292. The lowest BCUT2D eigenvalue weighted by molar-refractivity contribution is -0.113. The Kier molecular flexibility index (Phi) is 6.41. The largest absolute Gasteiger partial charge is 0.497 e. The summed E-state index contributed by atoms with van der Waals surface area (Å²) in [6.45, 7) is 0. The van der Waals surface area contributed by atoms with Gasteiger partial charge in [0.1, 0.15) is 5.75 Å². The first-order chi connectivity index (χ1) is 16.7. The molecule has 0 fully saturated rings. The maximum Gasteiger partial charge on any atom is 0.236 e. The van der Waals surface area contributed by atoms with Crippen LogP contribution in [-0.4, -0.2) is 38.5 Å². The Labute approximate surface area is 203 Å². The molecule has 0 spiro atoms. The molecule has 10 heteroatoms. The number of hydrogen-bond donors (Lipinski definition) is 1. The Hall–Kier alpha value is -3.89. The summed E-state index contributed by atoms with van der Waals surface area (Å²) in [5.41, 5.74) is 2.58. The molecular weight excluding hydrogens is 470 g/mol. The number of nitrogens with zero attached hydrogens (tertiary/aromatic N) is 4. The predicted molar refractivity (Wildman–Crippen MR) is 133 cm³/mol. The molecule has 3 aromatic heterocycles. The van der Waals surface area contributed by atoms with Crippen LogP contribution in [0.25, 0.3) is 28.5 Å². The van der Waals surface area contributed by atoms with Crippen molar-refractivity contribution < 1.29 is 13.9 Å². The number of hydrogen-bond acceptors (Lipinski definition) is 8. The molecular formula is C24H19N5O3S2. The molecule has 0 saturated heterocycles. The maximum absolute atomic E-state index is 12.7. The Morgan fingerprint density at radius 1 is 1.12 bits per heavy atom. The number of rotatable bonds is 8. The maximum atomic E-state index is 12.7. The van der Waals surface area contributed by atoms with Crippen LogP contribution in [0.15, 0.2) is 87.9 Å². The smallest absolute Gasteiger partial charge is 0.236 e. The van der Waals surface area contributed by atoms with E-state index in [0.717, 1.165) is 22.7 Å². The summed E-state index contributed by atoms with van der Waals surface area (Å²) in [6, 6.07) is 21.0. The van der Waals surface area contributed by atoms with Crippen LogP contribution in [0, 0.1) is 0 Å². The zero-order chi connectivity index (χ0) is 23.3. The van der Waals surface area contributed by atoms with E-state index in [1.54, 1.807) is 19.4 Å². The van der Waals surface area contributed by atoms with Gasteiger partial charge in [-0.1, -0.05) is 42.1 Å². The number of amides is 1. The molecule has 1 amide bonds. The van der Waals surface area contributed by atoms with Crippen LogP contribution in [0.2, 0.25) is 0 Å². The third-order valence-electron chi connectivity index (χ3n) is 4.84. The Balaban J connectivity index is 1.30. The van der Waals surface area contributed by atoms with E-state index in [4.69, 9.17) is 9.15 Å². The van der Waals surface area contributed by atoms with Crippen LogP contribution < -0.4 is 10.1 Å². The van der Waals surface area contributed by atoms with Crippen molar-refractivity contribution in [3.05, 3.63) is 78.4 Å². The fraction of sp³-hybridized carbons (Fsp3) is 0.0833. The molecule has 2 aromatic carbocycles. The topological polar surface area (TPSA) is 95.1 Å². The van der Waals surface area contributed by atoms with Gasteiger partial charge in [-0.05, 0) is 36.4 Å². The Morgan fingerprint density at radius 2 is 2.00 bits per heavy atom. The lowest BCUT2D eigenvalue weighted by atomic mass is 10.2. The number of benzene rings is 2. The van der Waals surface area contributed by atoms with Crippen LogP contribution in [0.5, 0.6) is 5.75 Å². The van der Waals surface area contributed by atoms with Crippen molar-refractivity contribution in [1.82, 2.24) is 19.7 Å². The van der Waals surface area contributed by atoms with Gasteiger partial charge in [-0.25, -0.2) is 4.98 Å². The van der Waals surface area contributed by atoms with Crippen LogP contribution in [0.1, 0.15) is 0 Å². The number of carbonyl (C=O) groups excluding carboxylic acids is 1. The summed E-state index contributed by atoms with van der Waals surface area (Å²) in [7, 11) is 1.62. The number of thioether (sulfide) groups is 1. The minimum atomic E-state index is -0.182. The lowest BCUT2D eigenvalue weighted by Gasteiger charge is -2.08. The molecule has 1 N–H and O–H groups in total. The molecule has 0 saturated carbocycles. The highest BCUT2D eigenvalue weighted by Crippen LogP contribution is 2.30. The Morgan fingerprint density at radius 3 is 2.79 bits per heavy atom. The van der Waals surface area contributed by atoms with Gasteiger partial charge < -0.3 is 14.5 Å². The van der Waals surface area contributed by atoms with Crippen LogP contribution in [-0.2, 0) is 4.79 Å². The molecule has 3 heterocycles. The van der Waals surface area contributed by atoms with Crippen LogP contribution >= 0.6 is 23.1 Å². The second-order valence-corrected chi connectivity index (χ2v) is 8.86. The van der Waals surface area contributed by atoms with Crippen molar-refractivity contribution in [3.8, 4) is 34.3 Å². The molecule has 0 bridgehead atoms. The molecule has 8 nitrogen and oxygen atoms in total. The zero-order valence-corrected chi connectivity index (χ0v) is 19.7. The number of thiazole rings is 1. The number of nitrogens with one attached hydrogen (secondary N) is 1. The van der Waals surface area contributed by atoms with Gasteiger partial charge in [0.2, 0.25) is 11.7 Å². The summed E-state index contributed by atoms with van der Waals surface area (Å²) < 4.78 is 12.7. The summed E-state index contributed by atoms with van der Waals surface area (Å²) in [6.07, 6.45) is 1.59. The van der Waals surface area contributed by atoms with Gasteiger partial charge in [-0.3, -0.25) is 9.36 Å². The van der Waals surface area contributed by atoms with Gasteiger partial charge in [0.15, 0.2) is 16.0 Å². The van der Waals surface area contributed by atoms with Crippen molar-refractivity contribution in [2.75, 3.05) is 18.2 Å². The minimum absolute atomic E-state index is 0.150. The molecule has 170 valence electrons. The SMILES string of the molecule is COc1cccc(-c2csc(NC(=O)CSc3nnc(-c4ccco4)n3-c3ccccc3)n2)c1. The molecule has 0 unspecified atom stereocenters. The van der Waals surface area contributed by atoms with Gasteiger partial charge in [-0.2, -0.15) is 0 Å². The minimum Gasteiger partial charge on any atom is -0.497 e. The van der Waals surface area contributed by atoms with Crippen molar-refractivity contribution in [2.24, 2.45) is 0 Å². The third kappa shape index (κ3) is 4.73. The summed E-state index contributed by atoms with van der Waals surface area (Å²) in [4.78, 5) is 17.2. The number of methoxy groups -OCH3 is 1. The monoisotopic (exact) mass is 489 g/mol. The van der Waals surface area contributed by atoms with Gasteiger partial charge in [0.05, 0.1) is 24.8 Å². The van der Waals surface area contributed by atoms with Gasteiger partial charge in [0, 0.05) is 16.6 Å². The molecule has 0 atom stereocenters. The molecule has 0 radical (unpaired) electrons. The van der Waals surface area contributed by atoms with Crippen molar-refractivity contribution in [1.29, 1.82) is 0 Å². The molecule has 0 aliphatic rings. The second-order valence-electron chi connectivity index (χ2n) is 7.06. The van der Waals surface area contributed by atoms with E-state index < -0.39 is 0 Å². The third-order valence-corrected chi connectivity index (χ3v) is 6.52. The van der Waals surface area contributed by atoms with E-state index in [9.17, 15) is 4.79 Å². The van der Waals surface area contributed by atoms with Gasteiger partial charge >= 0.3 is 0 Å². The number of para-hydroxylation sites is 1. The summed E-state index contributed by atoms with van der Waals surface area (Å²) in [5.74, 6) is 1.89. The van der Waals surface area contributed by atoms with Crippen molar-refractivity contribution in [3.63, 3.8) is 0 Å². The fourth-order valence-electron chi connectivity index (χ4n) is 3.27. The number of aromatic nitrogens is 4. The van der Waals surface area contributed by atoms with E-state index >= 15 is 0 Å². The van der Waals surface area contributed by atoms with Crippen LogP contribution in [0.3, 0.4) is 0 Å². The molecule has 34 heavy (non-hydrogen) atoms. The van der Waals surface area contributed by atoms with E-state index in [1.807, 2.05) is 70.6 Å². The first kappa shape index (κ1) is 21.9. The first-order valence-electron chi connectivity index (χ1n) is 10.3. The van der Waals surface area contributed by atoms with E-state index in [1.165, 1.54) is 23.1 Å². The number of furan rings is 1. The molecule has 0 aliphatic carbocycles. The van der Waals surface area contributed by atoms with Gasteiger partial charge in [0.25, 0.3) is 0 Å². The number of ether oxygens (including phenoxy) is 1. The van der Waals surface area contributed by atoms with E-state index in [0.29, 0.717) is 21.9 Å². The number of anilines is 1. The average Bonchev–Trinajstić information content (AvgIpc) is 3.64. The highest BCUT2D eigenvalue weighted by molar-refractivity contribution is 7.99. The molecule has 5 rings (SSSR count). The molecule has 5 aromatic rings. The zero-order valence-electron chi connectivity index (χ0n) is 18.0. The highest BCUT2D eigenvalue weighted by Gasteiger charge is 2.19. The lowest BCUT2D eigenvalue weighted by Crippen LogP contribution is -2.14.